The molecule has 1 aromatic heterocycles. The average molecular weight is 839 g/mol. The molecule has 10 aromatic rings. The van der Waals surface area contributed by atoms with Crippen molar-refractivity contribution >= 4 is 62.0 Å². The third-order valence-electron chi connectivity index (χ3n) is 12.9. The second-order valence-corrected chi connectivity index (χ2v) is 17.7. The summed E-state index contributed by atoms with van der Waals surface area (Å²) in [6, 6.07) is 65.4. The average Bonchev–Trinajstić information content (AvgIpc) is 3.31. The van der Waals surface area contributed by atoms with Gasteiger partial charge >= 0.3 is 0 Å². The molecule has 0 radical (unpaired) electrons. The topological polar surface area (TPSA) is 41.9 Å². The number of hydrogen-bond acceptors (Lipinski definition) is 4. The van der Waals surface area contributed by atoms with E-state index in [1.54, 1.807) is 0 Å². The number of aromatic nitrogens is 3. The van der Waals surface area contributed by atoms with Gasteiger partial charge in [-0.1, -0.05) is 207 Å². The van der Waals surface area contributed by atoms with E-state index in [0.29, 0.717) is 17.6 Å². The van der Waals surface area contributed by atoms with E-state index in [1.807, 2.05) is 18.2 Å². The zero-order valence-electron chi connectivity index (χ0n) is 38.2. The Balaban J connectivity index is 1.26. The highest BCUT2D eigenvalue weighted by molar-refractivity contribution is 6.96. The summed E-state index contributed by atoms with van der Waals surface area (Å²) in [6.45, 7) is 15.7. The highest BCUT2D eigenvalue weighted by Gasteiger charge is 2.30. The summed E-state index contributed by atoms with van der Waals surface area (Å²) in [5.74, 6) is 1.75. The molecule has 0 amide bonds. The lowest BCUT2D eigenvalue weighted by molar-refractivity contribution is 1.02. The zero-order valence-corrected chi connectivity index (χ0v) is 38.2. The number of anilines is 3. The molecule has 4 nitrogen and oxygen atoms in total. The normalized spacial score (nSPS) is 11.3. The van der Waals surface area contributed by atoms with Crippen LogP contribution in [0.25, 0.3) is 55.4 Å². The van der Waals surface area contributed by atoms with Crippen molar-refractivity contribution in [2.45, 2.75) is 48.5 Å². The van der Waals surface area contributed by atoms with Crippen molar-refractivity contribution in [3.05, 3.63) is 221 Å². The Labute approximate surface area is 383 Å². The molecule has 0 saturated heterocycles. The van der Waals surface area contributed by atoms with Crippen LogP contribution >= 0.6 is 0 Å². The maximum atomic E-state index is 5.46. The quantitative estimate of drug-likeness (QED) is 0.136. The lowest BCUT2D eigenvalue weighted by Crippen LogP contribution is -2.56. The van der Waals surface area contributed by atoms with Gasteiger partial charge in [-0.3, -0.25) is 4.90 Å². The lowest BCUT2D eigenvalue weighted by Gasteiger charge is -2.29. The molecule has 0 atom stereocenters. The molecular formula is C60H51BN4. The van der Waals surface area contributed by atoms with E-state index in [0.717, 1.165) is 55.4 Å². The molecule has 0 unspecified atom stereocenters. The molecule has 0 saturated carbocycles. The molecule has 65 heavy (non-hydrogen) atoms. The van der Waals surface area contributed by atoms with Gasteiger partial charge in [0.05, 0.1) is 11.4 Å². The molecule has 9 aromatic carbocycles. The number of benzene rings is 9. The van der Waals surface area contributed by atoms with Gasteiger partial charge < -0.3 is 0 Å². The first-order valence-electron chi connectivity index (χ1n) is 22.5. The Kier molecular flexibility index (Phi) is 10.9. The number of fused-ring (bicyclic) bond motifs is 2. The van der Waals surface area contributed by atoms with Gasteiger partial charge in [0.2, 0.25) is 12.7 Å². The Bertz CT molecular complexity index is 3310. The van der Waals surface area contributed by atoms with Crippen molar-refractivity contribution in [3.63, 3.8) is 0 Å². The van der Waals surface area contributed by atoms with Crippen LogP contribution in [0.5, 0.6) is 0 Å². The molecule has 0 aliphatic heterocycles. The minimum Gasteiger partial charge on any atom is -0.278 e. The Morgan fingerprint density at radius 3 is 1.42 bits per heavy atom. The van der Waals surface area contributed by atoms with Crippen LogP contribution in [0.1, 0.15) is 38.9 Å². The van der Waals surface area contributed by atoms with Crippen LogP contribution in [0.2, 0.25) is 0 Å². The van der Waals surface area contributed by atoms with Crippen LogP contribution in [-0.4, -0.2) is 21.7 Å². The molecule has 0 bridgehead atoms. The van der Waals surface area contributed by atoms with Crippen molar-refractivity contribution < 1.29 is 0 Å². The third kappa shape index (κ3) is 8.00. The number of hydrogen-bond donors (Lipinski definition) is 0. The molecule has 0 spiro atoms. The van der Waals surface area contributed by atoms with E-state index in [1.165, 1.54) is 55.2 Å². The fourth-order valence-electron chi connectivity index (χ4n) is 10.1. The van der Waals surface area contributed by atoms with Crippen molar-refractivity contribution in [1.29, 1.82) is 0 Å². The van der Waals surface area contributed by atoms with Gasteiger partial charge in [0.1, 0.15) is 0 Å². The van der Waals surface area contributed by atoms with E-state index in [-0.39, 0.29) is 6.71 Å². The van der Waals surface area contributed by atoms with Crippen LogP contribution in [-0.2, 0) is 0 Å². The summed E-state index contributed by atoms with van der Waals surface area (Å²) in [4.78, 5) is 18.4. The lowest BCUT2D eigenvalue weighted by atomic mass is 9.34. The first kappa shape index (κ1) is 41.4. The van der Waals surface area contributed by atoms with Gasteiger partial charge in [-0.05, 0) is 105 Å². The fourth-order valence-corrected chi connectivity index (χ4v) is 10.1. The van der Waals surface area contributed by atoms with E-state index < -0.39 is 0 Å². The Morgan fingerprint density at radius 2 is 0.846 bits per heavy atom. The van der Waals surface area contributed by atoms with E-state index in [9.17, 15) is 0 Å². The molecular weight excluding hydrogens is 787 g/mol. The van der Waals surface area contributed by atoms with Crippen LogP contribution in [0.15, 0.2) is 182 Å². The molecule has 5 heteroatoms. The van der Waals surface area contributed by atoms with E-state index in [4.69, 9.17) is 15.0 Å². The monoisotopic (exact) mass is 838 g/mol. The fraction of sp³-hybridized carbons (Fsp3) is 0.117. The third-order valence-corrected chi connectivity index (χ3v) is 12.9. The smallest absolute Gasteiger partial charge is 0.242 e. The highest BCUT2D eigenvalue weighted by Crippen LogP contribution is 2.43. The van der Waals surface area contributed by atoms with Crippen LogP contribution in [0.3, 0.4) is 0 Å². The number of nitrogens with zero attached hydrogens (tertiary/aromatic N) is 4. The van der Waals surface area contributed by atoms with Gasteiger partial charge in [0, 0.05) is 16.7 Å². The van der Waals surface area contributed by atoms with Crippen molar-refractivity contribution in [3.8, 4) is 33.9 Å². The molecule has 314 valence electrons. The van der Waals surface area contributed by atoms with Gasteiger partial charge in [0.15, 0.2) is 11.6 Å². The number of aryl methyl sites for hydroxylation is 7. The SMILES string of the molecule is Cc1cc(C)c(B(c2ccc(N(c3nc(-c4ccccc4)nc(-c4ccc5ccccc5c4)n3)c3cc4ccccc4cc3-c3ccccc3)c(C)c2)c2c(C)cc(C)cc2C)c(C)c1. The molecule has 0 N–H and O–H groups in total. The first-order chi connectivity index (χ1) is 31.6. The van der Waals surface area contributed by atoms with Crippen molar-refractivity contribution in [2.24, 2.45) is 0 Å². The van der Waals surface area contributed by atoms with E-state index >= 15 is 0 Å². The van der Waals surface area contributed by atoms with Gasteiger partial charge in [-0.15, -0.1) is 0 Å². The Morgan fingerprint density at radius 1 is 0.354 bits per heavy atom. The van der Waals surface area contributed by atoms with Crippen LogP contribution in [0, 0.1) is 48.5 Å². The summed E-state index contributed by atoms with van der Waals surface area (Å²) in [6.07, 6.45) is 0. The molecule has 0 fully saturated rings. The summed E-state index contributed by atoms with van der Waals surface area (Å²) >= 11 is 0. The van der Waals surface area contributed by atoms with E-state index in [2.05, 4.69) is 217 Å². The zero-order chi connectivity index (χ0) is 44.8. The van der Waals surface area contributed by atoms with Crippen molar-refractivity contribution in [2.75, 3.05) is 4.90 Å². The molecule has 0 aliphatic carbocycles. The van der Waals surface area contributed by atoms with Crippen LogP contribution < -0.4 is 21.3 Å². The predicted octanol–water partition coefficient (Wildman–Crippen LogP) is 13.3. The summed E-state index contributed by atoms with van der Waals surface area (Å²) in [5.41, 5.74) is 18.9. The molecule has 10 rings (SSSR count). The predicted molar refractivity (Wildman–Crippen MR) is 277 cm³/mol. The minimum absolute atomic E-state index is 0.0271. The summed E-state index contributed by atoms with van der Waals surface area (Å²) in [5, 5.41) is 4.59. The maximum absolute atomic E-state index is 5.46. The largest absolute Gasteiger partial charge is 0.278 e. The van der Waals surface area contributed by atoms with Crippen molar-refractivity contribution in [1.82, 2.24) is 15.0 Å². The Hall–Kier alpha value is -7.63. The van der Waals surface area contributed by atoms with Gasteiger partial charge in [0.25, 0.3) is 0 Å². The standard InChI is InChI=1S/C60H51BN4/c1-38-30-41(4)56(42(5)31-38)61(57-43(6)32-39(2)33-44(57)7)52-28-29-54(40(3)34-52)65(55-37-50-25-17-16-24-49(50)36-53(55)46-19-10-8-11-20-46)60-63-58(47-21-12-9-13-22-47)62-59(64-60)51-27-26-45-18-14-15-23-48(45)35-51/h8-37H,1-7H3. The minimum atomic E-state index is 0.0271. The van der Waals surface area contributed by atoms with Gasteiger partial charge in [-0.2, -0.15) is 9.97 Å². The highest BCUT2D eigenvalue weighted by atomic mass is 15.3. The second-order valence-electron chi connectivity index (χ2n) is 17.7. The summed E-state index contributed by atoms with van der Waals surface area (Å²) < 4.78 is 0. The molecule has 0 aliphatic rings. The molecule has 1 heterocycles. The van der Waals surface area contributed by atoms with Crippen LogP contribution in [0.4, 0.5) is 17.3 Å². The first-order valence-corrected chi connectivity index (χ1v) is 22.5. The summed E-state index contributed by atoms with van der Waals surface area (Å²) in [7, 11) is 0. The van der Waals surface area contributed by atoms with Gasteiger partial charge in [-0.25, -0.2) is 4.98 Å². The maximum Gasteiger partial charge on any atom is 0.242 e. The second kappa shape index (κ2) is 17.2. The number of rotatable bonds is 9.